The summed E-state index contributed by atoms with van der Waals surface area (Å²) in [7, 11) is 0. The van der Waals surface area contributed by atoms with Crippen LogP contribution in [0.25, 0.3) is 11.0 Å². The molecule has 7 atom stereocenters. The molecule has 2 aromatic carbocycles. The number of carbonyl (C=O) groups is 3. The SMILES string of the molecule is C=CCN(Cn1nnc2ccccc21)C(=O)C1N([C@@H](CO)Cc2ccccc2)C(=O)[C@@H]2[C@@H](C(=O)O)[C@]3(C)OC12CC3C. The maximum atomic E-state index is 14.8. The normalized spacial score (nSPS) is 30.5. The molecule has 0 radical (unpaired) electrons. The molecule has 3 unspecified atom stereocenters. The van der Waals surface area contributed by atoms with Crippen LogP contribution >= 0.6 is 0 Å². The van der Waals surface area contributed by atoms with Crippen LogP contribution in [0.5, 0.6) is 0 Å². The van der Waals surface area contributed by atoms with E-state index in [2.05, 4.69) is 16.9 Å². The first-order chi connectivity index (χ1) is 20.2. The summed E-state index contributed by atoms with van der Waals surface area (Å²) in [6.07, 6.45) is 2.22. The topological polar surface area (TPSA) is 138 Å². The number of aliphatic hydroxyl groups is 1. The van der Waals surface area contributed by atoms with Crippen molar-refractivity contribution in [2.45, 2.75) is 56.6 Å². The Labute approximate surface area is 243 Å². The maximum absolute atomic E-state index is 14.8. The van der Waals surface area contributed by atoms with E-state index in [-0.39, 0.29) is 25.6 Å². The van der Waals surface area contributed by atoms with Gasteiger partial charge >= 0.3 is 5.97 Å². The number of nitrogens with zero attached hydrogens (tertiary/aromatic N) is 5. The number of amides is 2. The number of aromatic nitrogens is 3. The van der Waals surface area contributed by atoms with E-state index in [1.807, 2.05) is 61.5 Å². The van der Waals surface area contributed by atoms with Gasteiger partial charge in [0.05, 0.1) is 29.7 Å². The number of ether oxygens (including phenoxy) is 1. The molecule has 4 heterocycles. The second kappa shape index (κ2) is 10.3. The number of fused-ring (bicyclic) bond motifs is 2. The van der Waals surface area contributed by atoms with E-state index >= 15 is 0 Å². The molecule has 1 aromatic heterocycles. The van der Waals surface area contributed by atoms with Crippen molar-refractivity contribution in [3.63, 3.8) is 0 Å². The summed E-state index contributed by atoms with van der Waals surface area (Å²) >= 11 is 0. The Balaban J connectivity index is 1.45. The van der Waals surface area contributed by atoms with Crippen LogP contribution in [0.15, 0.2) is 67.3 Å². The zero-order chi connectivity index (χ0) is 29.8. The van der Waals surface area contributed by atoms with E-state index in [1.54, 1.807) is 17.7 Å². The lowest BCUT2D eigenvalue weighted by molar-refractivity contribution is -0.160. The average molecular weight is 574 g/mol. The third-order valence-corrected chi connectivity index (χ3v) is 9.56. The van der Waals surface area contributed by atoms with Crippen molar-refractivity contribution in [2.75, 3.05) is 13.2 Å². The number of benzene rings is 2. The highest BCUT2D eigenvalue weighted by molar-refractivity contribution is 5.98. The number of likely N-dealkylation sites (tertiary alicyclic amines) is 1. The summed E-state index contributed by atoms with van der Waals surface area (Å²) in [4.78, 5) is 44.8. The molecule has 11 nitrogen and oxygen atoms in total. The number of carboxylic acids is 1. The van der Waals surface area contributed by atoms with E-state index in [0.717, 1.165) is 11.1 Å². The summed E-state index contributed by atoms with van der Waals surface area (Å²) in [5, 5.41) is 29.4. The molecular weight excluding hydrogens is 538 g/mol. The largest absolute Gasteiger partial charge is 0.481 e. The number of carboxylic acid groups (broad SMARTS) is 1. The average Bonchev–Trinajstić information content (AvgIpc) is 3.65. The predicted octanol–water partition coefficient (Wildman–Crippen LogP) is 2.10. The maximum Gasteiger partial charge on any atom is 0.310 e. The summed E-state index contributed by atoms with van der Waals surface area (Å²) in [6.45, 7) is 7.25. The minimum absolute atomic E-state index is 0.0301. The number of aliphatic carboxylic acids is 1. The highest BCUT2D eigenvalue weighted by Gasteiger charge is 2.80. The fraction of sp³-hybridized carbons (Fsp3) is 0.452. The Hall–Kier alpha value is -4.09. The Bertz CT molecular complexity index is 1540. The van der Waals surface area contributed by atoms with Gasteiger partial charge in [0.2, 0.25) is 11.8 Å². The fourth-order valence-electron chi connectivity index (χ4n) is 7.59. The van der Waals surface area contributed by atoms with Crippen LogP contribution in [0.3, 0.4) is 0 Å². The molecule has 11 heteroatoms. The van der Waals surface area contributed by atoms with Gasteiger partial charge in [0.15, 0.2) is 0 Å². The third kappa shape index (κ3) is 4.05. The first-order valence-electron chi connectivity index (χ1n) is 14.2. The molecule has 2 bridgehead atoms. The summed E-state index contributed by atoms with van der Waals surface area (Å²) in [5.41, 5.74) is -0.193. The highest BCUT2D eigenvalue weighted by Crippen LogP contribution is 2.65. The van der Waals surface area contributed by atoms with Crippen LogP contribution in [0, 0.1) is 17.8 Å². The molecule has 3 aromatic rings. The second-order valence-electron chi connectivity index (χ2n) is 11.9. The summed E-state index contributed by atoms with van der Waals surface area (Å²) in [5.74, 6) is -4.43. The van der Waals surface area contributed by atoms with E-state index in [9.17, 15) is 24.6 Å². The van der Waals surface area contributed by atoms with Gasteiger partial charge in [-0.2, -0.15) is 0 Å². The van der Waals surface area contributed by atoms with E-state index in [1.165, 1.54) is 9.80 Å². The smallest absolute Gasteiger partial charge is 0.310 e. The zero-order valence-electron chi connectivity index (χ0n) is 23.7. The Kier molecular flexibility index (Phi) is 6.89. The number of aliphatic hydroxyl groups excluding tert-OH is 1. The number of carbonyl (C=O) groups excluding carboxylic acids is 2. The van der Waals surface area contributed by atoms with Gasteiger partial charge in [-0.1, -0.05) is 60.7 Å². The molecule has 3 fully saturated rings. The molecule has 3 saturated heterocycles. The fourth-order valence-corrected chi connectivity index (χ4v) is 7.59. The van der Waals surface area contributed by atoms with Crippen LogP contribution in [0.2, 0.25) is 0 Å². The van der Waals surface area contributed by atoms with Crippen LogP contribution < -0.4 is 0 Å². The van der Waals surface area contributed by atoms with Gasteiger partial charge in [0.25, 0.3) is 0 Å². The first kappa shape index (κ1) is 28.0. The minimum Gasteiger partial charge on any atom is -0.481 e. The van der Waals surface area contributed by atoms with E-state index in [0.29, 0.717) is 11.9 Å². The third-order valence-electron chi connectivity index (χ3n) is 9.56. The quantitative estimate of drug-likeness (QED) is 0.352. The molecule has 0 aliphatic carbocycles. The number of hydrogen-bond acceptors (Lipinski definition) is 7. The van der Waals surface area contributed by atoms with E-state index < -0.39 is 59.5 Å². The standard InChI is InChI=1S/C31H35N5O6/c1-4-14-34(18-35-23-13-9-8-12-22(23)32-33-35)28(39)26-31-16-19(2)30(3,42-31)25(29(40)41)24(31)27(38)36(26)21(17-37)15-20-10-6-5-7-11-20/h4-13,19,21,24-26,37H,1,14-18H2,2-3H3,(H,40,41)/t19?,21-,24+,25+,26?,30-,31?/m1/s1. The van der Waals surface area contributed by atoms with Crippen molar-refractivity contribution in [1.82, 2.24) is 24.8 Å². The number of para-hydroxylation sites is 1. The molecule has 0 saturated carbocycles. The van der Waals surface area contributed by atoms with Gasteiger partial charge in [-0.15, -0.1) is 11.7 Å². The van der Waals surface area contributed by atoms with Gasteiger partial charge in [-0.3, -0.25) is 14.4 Å². The van der Waals surface area contributed by atoms with Crippen molar-refractivity contribution in [2.24, 2.45) is 17.8 Å². The van der Waals surface area contributed by atoms with E-state index in [4.69, 9.17) is 4.74 Å². The van der Waals surface area contributed by atoms with Crippen molar-refractivity contribution >= 4 is 28.8 Å². The lowest BCUT2D eigenvalue weighted by atomic mass is 9.62. The van der Waals surface area contributed by atoms with Gasteiger partial charge < -0.3 is 24.7 Å². The second-order valence-corrected chi connectivity index (χ2v) is 11.9. The molecule has 2 amide bonds. The van der Waals surface area contributed by atoms with Gasteiger partial charge in [-0.05, 0) is 43.4 Å². The molecule has 42 heavy (non-hydrogen) atoms. The molecule has 2 N–H and O–H groups in total. The Morgan fingerprint density at radius 1 is 1.21 bits per heavy atom. The molecule has 1 spiro atoms. The van der Waals surface area contributed by atoms with Crippen molar-refractivity contribution < 1.29 is 29.3 Å². The predicted molar refractivity (Wildman–Crippen MR) is 152 cm³/mol. The summed E-state index contributed by atoms with van der Waals surface area (Å²) < 4.78 is 8.25. The van der Waals surface area contributed by atoms with Crippen LogP contribution in [-0.4, -0.2) is 89.2 Å². The minimum atomic E-state index is -1.36. The van der Waals surface area contributed by atoms with Crippen LogP contribution in [0.4, 0.5) is 0 Å². The Morgan fingerprint density at radius 2 is 1.93 bits per heavy atom. The monoisotopic (exact) mass is 573 g/mol. The Morgan fingerprint density at radius 3 is 2.62 bits per heavy atom. The lowest BCUT2D eigenvalue weighted by Gasteiger charge is -2.39. The highest BCUT2D eigenvalue weighted by atomic mass is 16.5. The van der Waals surface area contributed by atoms with Gasteiger partial charge in [0.1, 0.15) is 29.7 Å². The summed E-state index contributed by atoms with van der Waals surface area (Å²) in [6, 6.07) is 14.9. The molecule has 3 aliphatic rings. The first-order valence-corrected chi connectivity index (χ1v) is 14.2. The molecule has 3 aliphatic heterocycles. The molecular formula is C31H35N5O6. The van der Waals surface area contributed by atoms with Crippen molar-refractivity contribution in [3.8, 4) is 0 Å². The molecule has 220 valence electrons. The van der Waals surface area contributed by atoms with Gasteiger partial charge in [0, 0.05) is 6.54 Å². The van der Waals surface area contributed by atoms with Crippen LogP contribution in [0.1, 0.15) is 25.8 Å². The van der Waals surface area contributed by atoms with Crippen molar-refractivity contribution in [3.05, 3.63) is 72.8 Å². The lowest BCUT2D eigenvalue weighted by Crippen LogP contribution is -2.59. The number of rotatable bonds is 10. The van der Waals surface area contributed by atoms with Gasteiger partial charge in [-0.25, -0.2) is 4.68 Å². The van der Waals surface area contributed by atoms with Crippen LogP contribution in [-0.2, 0) is 32.2 Å². The van der Waals surface area contributed by atoms with Crippen molar-refractivity contribution in [1.29, 1.82) is 0 Å². The zero-order valence-corrected chi connectivity index (χ0v) is 23.7. The molecule has 6 rings (SSSR count). The number of hydrogen-bond donors (Lipinski definition) is 2.